The Hall–Kier alpha value is -2.38. The van der Waals surface area contributed by atoms with Gasteiger partial charge < -0.3 is 10.1 Å². The summed E-state index contributed by atoms with van der Waals surface area (Å²) in [5.41, 5.74) is 0.881. The van der Waals surface area contributed by atoms with Crippen molar-refractivity contribution in [2.45, 2.75) is 51.2 Å². The number of hydrogen-bond donors (Lipinski definition) is 2. The van der Waals surface area contributed by atoms with Crippen molar-refractivity contribution in [3.63, 3.8) is 0 Å². The molecule has 7 heteroatoms. The van der Waals surface area contributed by atoms with Gasteiger partial charge >= 0.3 is 0 Å². The molecule has 0 fully saturated rings. The van der Waals surface area contributed by atoms with Crippen LogP contribution in [0.25, 0.3) is 0 Å². The normalized spacial score (nSPS) is 13.1. The van der Waals surface area contributed by atoms with Crippen LogP contribution in [-0.2, 0) is 14.8 Å². The van der Waals surface area contributed by atoms with Gasteiger partial charge in [-0.05, 0) is 65.0 Å². The largest absolute Gasteiger partial charge is 0.481 e. The minimum Gasteiger partial charge on any atom is -0.481 e. The molecule has 27 heavy (non-hydrogen) atoms. The number of hydrogen-bond acceptors (Lipinski definition) is 4. The molecule has 0 bridgehead atoms. The smallest absolute Gasteiger partial charge is 0.265 e. The SMILES string of the molecule is Cc1ccc(OC(C)C(=O)Nc2cccc(S(=O)(=O)NC(C)(C)C)c2)cc1. The number of amides is 1. The molecule has 0 heterocycles. The van der Waals surface area contributed by atoms with Gasteiger partial charge in [0, 0.05) is 11.2 Å². The predicted octanol–water partition coefficient (Wildman–Crippen LogP) is 3.48. The number of aryl methyl sites for hydroxylation is 1. The summed E-state index contributed by atoms with van der Waals surface area (Å²) in [5, 5.41) is 2.69. The van der Waals surface area contributed by atoms with Crippen molar-refractivity contribution < 1.29 is 17.9 Å². The molecular weight excluding hydrogens is 364 g/mol. The number of carbonyl (C=O) groups excluding carboxylic acids is 1. The Morgan fingerprint density at radius 1 is 1.07 bits per heavy atom. The lowest BCUT2D eigenvalue weighted by molar-refractivity contribution is -0.122. The number of carbonyl (C=O) groups is 1. The third-order valence-corrected chi connectivity index (χ3v) is 5.31. The minimum atomic E-state index is -3.68. The highest BCUT2D eigenvalue weighted by atomic mass is 32.2. The molecule has 2 N–H and O–H groups in total. The lowest BCUT2D eigenvalue weighted by Gasteiger charge is -2.20. The first-order valence-electron chi connectivity index (χ1n) is 8.64. The van der Waals surface area contributed by atoms with Crippen LogP contribution >= 0.6 is 0 Å². The Morgan fingerprint density at radius 2 is 1.70 bits per heavy atom. The van der Waals surface area contributed by atoms with E-state index in [1.807, 2.05) is 19.1 Å². The van der Waals surface area contributed by atoms with E-state index >= 15 is 0 Å². The van der Waals surface area contributed by atoms with Crippen LogP contribution in [0.2, 0.25) is 0 Å². The van der Waals surface area contributed by atoms with E-state index in [0.29, 0.717) is 11.4 Å². The van der Waals surface area contributed by atoms with Gasteiger partial charge in [-0.2, -0.15) is 0 Å². The van der Waals surface area contributed by atoms with Crippen LogP contribution in [0.5, 0.6) is 5.75 Å². The van der Waals surface area contributed by atoms with E-state index in [0.717, 1.165) is 5.56 Å². The van der Waals surface area contributed by atoms with Crippen LogP contribution in [-0.4, -0.2) is 26.0 Å². The summed E-state index contributed by atoms with van der Waals surface area (Å²) >= 11 is 0. The minimum absolute atomic E-state index is 0.0855. The van der Waals surface area contributed by atoms with Crippen LogP contribution in [0.1, 0.15) is 33.3 Å². The van der Waals surface area contributed by atoms with Crippen LogP contribution in [0, 0.1) is 6.92 Å². The Balaban J connectivity index is 2.08. The van der Waals surface area contributed by atoms with E-state index < -0.39 is 21.7 Å². The number of nitrogens with one attached hydrogen (secondary N) is 2. The highest BCUT2D eigenvalue weighted by Gasteiger charge is 2.22. The summed E-state index contributed by atoms with van der Waals surface area (Å²) in [6.45, 7) is 8.90. The molecule has 1 unspecified atom stereocenters. The van der Waals surface area contributed by atoms with Gasteiger partial charge in [-0.1, -0.05) is 23.8 Å². The zero-order valence-electron chi connectivity index (χ0n) is 16.2. The molecule has 0 aliphatic heterocycles. The lowest BCUT2D eigenvalue weighted by Crippen LogP contribution is -2.40. The molecule has 0 aliphatic rings. The van der Waals surface area contributed by atoms with Gasteiger partial charge in [0.05, 0.1) is 4.90 Å². The van der Waals surface area contributed by atoms with E-state index in [4.69, 9.17) is 4.74 Å². The van der Waals surface area contributed by atoms with Crippen molar-refractivity contribution in [1.29, 1.82) is 0 Å². The maximum absolute atomic E-state index is 12.4. The van der Waals surface area contributed by atoms with E-state index in [2.05, 4.69) is 10.0 Å². The third-order valence-electron chi connectivity index (χ3n) is 3.56. The van der Waals surface area contributed by atoms with Gasteiger partial charge in [0.25, 0.3) is 5.91 Å². The summed E-state index contributed by atoms with van der Waals surface area (Å²) in [6.07, 6.45) is -0.735. The van der Waals surface area contributed by atoms with Crippen molar-refractivity contribution in [2.24, 2.45) is 0 Å². The maximum Gasteiger partial charge on any atom is 0.265 e. The second-order valence-corrected chi connectivity index (χ2v) is 9.13. The summed E-state index contributed by atoms with van der Waals surface area (Å²) in [7, 11) is -3.68. The topological polar surface area (TPSA) is 84.5 Å². The first-order valence-corrected chi connectivity index (χ1v) is 10.1. The van der Waals surface area contributed by atoms with Crippen molar-refractivity contribution in [1.82, 2.24) is 4.72 Å². The van der Waals surface area contributed by atoms with Crippen molar-refractivity contribution >= 4 is 21.6 Å². The molecule has 0 saturated carbocycles. The molecule has 1 amide bonds. The average molecular weight is 391 g/mol. The zero-order valence-corrected chi connectivity index (χ0v) is 17.1. The third kappa shape index (κ3) is 6.37. The summed E-state index contributed by atoms with van der Waals surface area (Å²) in [4.78, 5) is 12.5. The van der Waals surface area contributed by atoms with E-state index in [-0.39, 0.29) is 10.8 Å². The van der Waals surface area contributed by atoms with Gasteiger partial charge in [0.15, 0.2) is 6.10 Å². The molecule has 0 aliphatic carbocycles. The van der Waals surface area contributed by atoms with Crippen molar-refractivity contribution in [3.05, 3.63) is 54.1 Å². The zero-order chi connectivity index (χ0) is 20.2. The number of ether oxygens (including phenoxy) is 1. The molecule has 0 saturated heterocycles. The maximum atomic E-state index is 12.4. The van der Waals surface area contributed by atoms with E-state index in [1.165, 1.54) is 12.1 Å². The summed E-state index contributed by atoms with van der Waals surface area (Å²) < 4.78 is 33.1. The standard InChI is InChI=1S/C20H26N2O4S/c1-14-9-11-17(12-10-14)26-15(2)19(23)21-16-7-6-8-18(13-16)27(24,25)22-20(3,4)5/h6-13,15,22H,1-5H3,(H,21,23). The van der Waals surface area contributed by atoms with Gasteiger partial charge in [0.1, 0.15) is 5.75 Å². The van der Waals surface area contributed by atoms with E-state index in [9.17, 15) is 13.2 Å². The van der Waals surface area contributed by atoms with Gasteiger partial charge in [-0.15, -0.1) is 0 Å². The van der Waals surface area contributed by atoms with Crippen molar-refractivity contribution in [2.75, 3.05) is 5.32 Å². The fourth-order valence-electron chi connectivity index (χ4n) is 2.32. The molecule has 1 atom stereocenters. The second-order valence-electron chi connectivity index (χ2n) is 7.45. The molecular formula is C20H26N2O4S. The molecule has 0 aromatic heterocycles. The summed E-state index contributed by atoms with van der Waals surface area (Å²) in [5.74, 6) is 0.225. The Labute approximate surface area is 161 Å². The molecule has 2 rings (SSSR count). The predicted molar refractivity (Wildman–Crippen MR) is 106 cm³/mol. The first-order chi connectivity index (χ1) is 12.5. The van der Waals surface area contributed by atoms with Crippen LogP contribution in [0.15, 0.2) is 53.4 Å². The number of sulfonamides is 1. The molecule has 146 valence electrons. The first kappa shape index (κ1) is 20.9. The van der Waals surface area contributed by atoms with Crippen LogP contribution in [0.4, 0.5) is 5.69 Å². The quantitative estimate of drug-likeness (QED) is 0.791. The fraction of sp³-hybridized carbons (Fsp3) is 0.350. The molecule has 0 spiro atoms. The highest BCUT2D eigenvalue weighted by Crippen LogP contribution is 2.19. The van der Waals surface area contributed by atoms with E-state index in [1.54, 1.807) is 52.0 Å². The van der Waals surface area contributed by atoms with Gasteiger partial charge in [0.2, 0.25) is 10.0 Å². The lowest BCUT2D eigenvalue weighted by atomic mass is 10.1. The summed E-state index contributed by atoms with van der Waals surface area (Å²) in [6, 6.07) is 13.5. The van der Waals surface area contributed by atoms with Gasteiger partial charge in [-0.25, -0.2) is 13.1 Å². The highest BCUT2D eigenvalue weighted by molar-refractivity contribution is 7.89. The second kappa shape index (κ2) is 8.10. The fourth-order valence-corrected chi connectivity index (χ4v) is 3.79. The molecule has 0 radical (unpaired) electrons. The van der Waals surface area contributed by atoms with Gasteiger partial charge in [-0.3, -0.25) is 4.79 Å². The Morgan fingerprint density at radius 3 is 2.30 bits per heavy atom. The number of benzene rings is 2. The average Bonchev–Trinajstić information content (AvgIpc) is 2.55. The number of anilines is 1. The molecule has 6 nitrogen and oxygen atoms in total. The molecule has 2 aromatic rings. The molecule has 2 aromatic carbocycles. The monoisotopic (exact) mass is 390 g/mol. The Bertz CT molecular complexity index is 900. The number of rotatable bonds is 6. The van der Waals surface area contributed by atoms with Crippen LogP contribution < -0.4 is 14.8 Å². The van der Waals surface area contributed by atoms with Crippen molar-refractivity contribution in [3.8, 4) is 5.75 Å². The Kier molecular flexibility index (Phi) is 6.28. The van der Waals surface area contributed by atoms with Crippen LogP contribution in [0.3, 0.4) is 0 Å².